The maximum Gasteiger partial charge on any atom is 0.126 e. The van der Waals surface area contributed by atoms with Crippen molar-refractivity contribution in [3.63, 3.8) is 0 Å². The van der Waals surface area contributed by atoms with Gasteiger partial charge >= 0.3 is 0 Å². The Labute approximate surface area is 148 Å². The van der Waals surface area contributed by atoms with E-state index in [2.05, 4.69) is 20.2 Å². The van der Waals surface area contributed by atoms with Crippen molar-refractivity contribution in [2.75, 3.05) is 12.8 Å². The van der Waals surface area contributed by atoms with E-state index in [9.17, 15) is 5.11 Å². The smallest absolute Gasteiger partial charge is 0.126 e. The number of benzene rings is 3. The topological polar surface area (TPSA) is 98.7 Å². The number of nitrogens with zero attached hydrogens (tertiary/aromatic N) is 2. The lowest BCUT2D eigenvalue weighted by Gasteiger charge is -2.09. The van der Waals surface area contributed by atoms with Crippen molar-refractivity contribution in [2.24, 2.45) is 10.2 Å². The highest BCUT2D eigenvalue weighted by Crippen LogP contribution is 2.39. The standard InChI is InChI=1S/C17H15N3O4S/c1-22-23-24-25-13-9-11-7-8-14(17(18)16(11)15(21)10-13)20-19-12-5-3-2-4-6-12/h2-10,21H,18H2,1H3. The molecule has 0 bridgehead atoms. The number of rotatable bonds is 6. The van der Waals surface area contributed by atoms with Gasteiger partial charge in [-0.15, -0.1) is 9.45 Å². The van der Waals surface area contributed by atoms with Crippen LogP contribution in [0.5, 0.6) is 5.75 Å². The number of azo groups is 1. The summed E-state index contributed by atoms with van der Waals surface area (Å²) >= 11 is 0.902. The molecular weight excluding hydrogens is 342 g/mol. The number of hydrogen-bond acceptors (Lipinski definition) is 8. The molecule has 7 nitrogen and oxygen atoms in total. The monoisotopic (exact) mass is 357 g/mol. The SMILES string of the molecule is COOOSc1cc(O)c2c(N)c(N=Nc3ccccc3)ccc2c1. The molecule has 0 saturated heterocycles. The third-order valence-corrected chi connectivity index (χ3v) is 3.89. The van der Waals surface area contributed by atoms with E-state index >= 15 is 0 Å². The van der Waals surface area contributed by atoms with Gasteiger partial charge in [0.25, 0.3) is 0 Å². The zero-order chi connectivity index (χ0) is 17.6. The Morgan fingerprint density at radius 2 is 1.84 bits per heavy atom. The summed E-state index contributed by atoms with van der Waals surface area (Å²) < 4.78 is 4.73. The van der Waals surface area contributed by atoms with E-state index in [4.69, 9.17) is 10.1 Å². The van der Waals surface area contributed by atoms with E-state index in [0.29, 0.717) is 27.3 Å². The second-order valence-electron chi connectivity index (χ2n) is 4.96. The lowest BCUT2D eigenvalue weighted by molar-refractivity contribution is -0.447. The summed E-state index contributed by atoms with van der Waals surface area (Å²) in [7, 11) is 1.32. The molecule has 0 spiro atoms. The highest BCUT2D eigenvalue weighted by atomic mass is 32.2. The van der Waals surface area contributed by atoms with Gasteiger partial charge in [-0.3, -0.25) is 0 Å². The van der Waals surface area contributed by atoms with Crippen LogP contribution in [0.1, 0.15) is 0 Å². The van der Waals surface area contributed by atoms with Crippen LogP contribution in [0, 0.1) is 0 Å². The minimum Gasteiger partial charge on any atom is -0.507 e. The molecular formula is C17H15N3O4S. The van der Waals surface area contributed by atoms with Gasteiger partial charge in [0.2, 0.25) is 0 Å². The van der Waals surface area contributed by atoms with Gasteiger partial charge in [0.1, 0.15) is 11.4 Å². The molecule has 0 aliphatic rings. The number of phenols is 1. The fraction of sp³-hybridized carbons (Fsp3) is 0.0588. The zero-order valence-corrected chi connectivity index (χ0v) is 14.1. The van der Waals surface area contributed by atoms with E-state index in [0.717, 1.165) is 17.4 Å². The van der Waals surface area contributed by atoms with Crippen LogP contribution in [0.3, 0.4) is 0 Å². The van der Waals surface area contributed by atoms with Crippen LogP contribution < -0.4 is 5.73 Å². The first-order valence-corrected chi connectivity index (χ1v) is 7.99. The lowest BCUT2D eigenvalue weighted by Crippen LogP contribution is -1.90. The number of fused-ring (bicyclic) bond motifs is 1. The summed E-state index contributed by atoms with van der Waals surface area (Å²) in [6, 6.07) is 16.2. The van der Waals surface area contributed by atoms with Crippen molar-refractivity contribution in [1.82, 2.24) is 0 Å². The predicted octanol–water partition coefficient (Wildman–Crippen LogP) is 5.06. The van der Waals surface area contributed by atoms with Crippen molar-refractivity contribution < 1.29 is 19.4 Å². The molecule has 0 aliphatic carbocycles. The van der Waals surface area contributed by atoms with Crippen molar-refractivity contribution in [3.8, 4) is 5.75 Å². The molecule has 0 radical (unpaired) electrons. The maximum atomic E-state index is 10.3. The third-order valence-electron chi connectivity index (χ3n) is 3.34. The minimum absolute atomic E-state index is 0.00952. The maximum absolute atomic E-state index is 10.3. The summed E-state index contributed by atoms with van der Waals surface area (Å²) in [5.74, 6) is 0.00952. The van der Waals surface area contributed by atoms with E-state index in [1.807, 2.05) is 30.3 Å². The Bertz CT molecular complexity index is 903. The summed E-state index contributed by atoms with van der Waals surface area (Å²) in [4.78, 5) is 4.96. The molecule has 0 aliphatic heterocycles. The number of nitrogen functional groups attached to an aromatic ring is 1. The van der Waals surface area contributed by atoms with Gasteiger partial charge in [-0.25, -0.2) is 4.89 Å². The molecule has 0 atom stereocenters. The minimum atomic E-state index is 0.00952. The van der Waals surface area contributed by atoms with Crippen molar-refractivity contribution in [2.45, 2.75) is 4.90 Å². The predicted molar refractivity (Wildman–Crippen MR) is 95.7 cm³/mol. The van der Waals surface area contributed by atoms with Gasteiger partial charge in [-0.05, 0) is 35.7 Å². The van der Waals surface area contributed by atoms with Gasteiger partial charge in [-0.2, -0.15) is 5.11 Å². The average molecular weight is 357 g/mol. The third kappa shape index (κ3) is 4.06. The first kappa shape index (κ1) is 17.2. The largest absolute Gasteiger partial charge is 0.507 e. The highest BCUT2D eigenvalue weighted by molar-refractivity contribution is 7.94. The van der Waals surface area contributed by atoms with Crippen molar-refractivity contribution >= 4 is 39.9 Å². The first-order chi connectivity index (χ1) is 12.2. The molecule has 25 heavy (non-hydrogen) atoms. The fourth-order valence-corrected chi connectivity index (χ4v) is 2.75. The Morgan fingerprint density at radius 3 is 2.60 bits per heavy atom. The van der Waals surface area contributed by atoms with Gasteiger partial charge in [0.15, 0.2) is 0 Å². The average Bonchev–Trinajstić information content (AvgIpc) is 2.62. The second kappa shape index (κ2) is 7.95. The Balaban J connectivity index is 1.93. The number of anilines is 1. The normalized spacial score (nSPS) is 11.4. The number of aromatic hydroxyl groups is 1. The summed E-state index contributed by atoms with van der Waals surface area (Å²) in [6.45, 7) is 0. The van der Waals surface area contributed by atoms with Gasteiger partial charge in [0.05, 0.1) is 30.5 Å². The van der Waals surface area contributed by atoms with Crippen LogP contribution in [0.15, 0.2) is 69.7 Å². The van der Waals surface area contributed by atoms with Crippen LogP contribution >= 0.6 is 12.0 Å². The van der Waals surface area contributed by atoms with Crippen LogP contribution in [0.4, 0.5) is 17.1 Å². The Kier molecular flexibility index (Phi) is 5.46. The van der Waals surface area contributed by atoms with E-state index in [1.165, 1.54) is 13.2 Å². The van der Waals surface area contributed by atoms with Crippen molar-refractivity contribution in [1.29, 1.82) is 0 Å². The van der Waals surface area contributed by atoms with Crippen LogP contribution in [-0.4, -0.2) is 12.2 Å². The fourth-order valence-electron chi connectivity index (χ4n) is 2.26. The molecule has 0 aromatic heterocycles. The molecule has 0 saturated carbocycles. The van der Waals surface area contributed by atoms with Crippen LogP contribution in [0.2, 0.25) is 0 Å². The van der Waals surface area contributed by atoms with E-state index in [1.54, 1.807) is 18.2 Å². The quantitative estimate of drug-likeness (QED) is 0.160. The molecule has 0 amide bonds. The zero-order valence-electron chi connectivity index (χ0n) is 13.2. The first-order valence-electron chi connectivity index (χ1n) is 7.25. The number of phenolic OH excluding ortho intramolecular Hbond substituents is 1. The molecule has 0 unspecified atom stereocenters. The molecule has 3 aromatic carbocycles. The summed E-state index contributed by atoms with van der Waals surface area (Å²) in [6.07, 6.45) is 0. The van der Waals surface area contributed by atoms with Crippen LogP contribution in [-0.2, 0) is 14.3 Å². The molecule has 3 rings (SSSR count). The number of hydrogen-bond donors (Lipinski definition) is 2. The molecule has 0 fully saturated rings. The van der Waals surface area contributed by atoms with E-state index < -0.39 is 0 Å². The van der Waals surface area contributed by atoms with Gasteiger partial charge in [-0.1, -0.05) is 29.3 Å². The molecule has 128 valence electrons. The molecule has 0 heterocycles. The Morgan fingerprint density at radius 1 is 1.04 bits per heavy atom. The van der Waals surface area contributed by atoms with Crippen molar-refractivity contribution in [3.05, 3.63) is 54.6 Å². The molecule has 8 heteroatoms. The van der Waals surface area contributed by atoms with Gasteiger partial charge < -0.3 is 10.8 Å². The van der Waals surface area contributed by atoms with E-state index in [-0.39, 0.29) is 5.75 Å². The van der Waals surface area contributed by atoms with Crippen LogP contribution in [0.25, 0.3) is 10.8 Å². The number of nitrogens with two attached hydrogens (primary N) is 1. The Hall–Kier alpha value is -2.65. The molecule has 3 aromatic rings. The highest BCUT2D eigenvalue weighted by Gasteiger charge is 2.11. The summed E-state index contributed by atoms with van der Waals surface area (Å²) in [5, 5.41) is 24.2. The second-order valence-corrected chi connectivity index (χ2v) is 5.73. The lowest BCUT2D eigenvalue weighted by atomic mass is 10.1. The van der Waals surface area contributed by atoms with Gasteiger partial charge in [0, 0.05) is 10.3 Å². The summed E-state index contributed by atoms with van der Waals surface area (Å²) in [5.41, 5.74) is 7.70. The molecule has 3 N–H and O–H groups in total.